The van der Waals surface area contributed by atoms with Crippen molar-refractivity contribution in [3.05, 3.63) is 70.9 Å². The highest BCUT2D eigenvalue weighted by Crippen LogP contribution is 2.37. The molecule has 3 aromatic rings. The number of ether oxygens (including phenoxy) is 2. The molecule has 1 aromatic heterocycles. The summed E-state index contributed by atoms with van der Waals surface area (Å²) >= 11 is 0. The number of nitrogens with zero attached hydrogens (tertiary/aromatic N) is 2. The molecular weight excluding hydrogens is 447 g/mol. The topological polar surface area (TPSA) is 130 Å². The Morgan fingerprint density at radius 2 is 1.84 bits per heavy atom. The number of rotatable bonds is 7. The van der Waals surface area contributed by atoms with Gasteiger partial charge in [0.15, 0.2) is 11.5 Å². The smallest absolute Gasteiger partial charge is 0.311 e. The number of carbonyl (C=O) groups excluding carboxylic acids is 1. The number of hydrogen-bond donors (Lipinski definition) is 2. The number of benzene rings is 2. The number of nitrogen functional groups attached to an aromatic ring is 1. The molecule has 0 fully saturated rings. The van der Waals surface area contributed by atoms with E-state index in [-0.39, 0.29) is 42.7 Å². The van der Waals surface area contributed by atoms with Crippen LogP contribution in [-0.4, -0.2) is 15.9 Å². The molecule has 0 aliphatic heterocycles. The lowest BCUT2D eigenvalue weighted by atomic mass is 10.2. The van der Waals surface area contributed by atoms with Crippen molar-refractivity contribution in [3.63, 3.8) is 0 Å². The number of para-hydroxylation sites is 1. The van der Waals surface area contributed by atoms with Crippen LogP contribution in [0, 0.1) is 10.1 Å². The molecule has 0 bridgehead atoms. The summed E-state index contributed by atoms with van der Waals surface area (Å²) in [6.07, 6.45) is 1.39. The van der Waals surface area contributed by atoms with Crippen LogP contribution in [0.1, 0.15) is 13.3 Å². The maximum atomic E-state index is 11.6. The second kappa shape index (κ2) is 11.6. The van der Waals surface area contributed by atoms with Crippen molar-refractivity contribution in [2.45, 2.75) is 13.3 Å². The van der Waals surface area contributed by atoms with Crippen LogP contribution in [0.3, 0.4) is 0 Å². The van der Waals surface area contributed by atoms with Gasteiger partial charge in [0.25, 0.3) is 5.69 Å². The van der Waals surface area contributed by atoms with Crippen LogP contribution in [0.15, 0.2) is 60.8 Å². The fourth-order valence-electron chi connectivity index (χ4n) is 2.36. The first-order chi connectivity index (χ1) is 14.0. The lowest BCUT2D eigenvalue weighted by Gasteiger charge is -2.13. The van der Waals surface area contributed by atoms with Gasteiger partial charge in [0.05, 0.1) is 10.6 Å². The highest BCUT2D eigenvalue weighted by molar-refractivity contribution is 5.85. The summed E-state index contributed by atoms with van der Waals surface area (Å²) < 4.78 is 11.1. The Hall–Kier alpha value is -3.56. The predicted molar refractivity (Wildman–Crippen MR) is 122 cm³/mol. The number of nitrogens with two attached hydrogens (primary N) is 1. The van der Waals surface area contributed by atoms with Gasteiger partial charge >= 0.3 is 5.97 Å². The SMILES string of the molecule is CCC(=O)Oc1c(N)cccc1Oc1ccc(Nc2ccc([N+](=O)[O-])cn2)cc1.Cl.Cl. The number of nitro groups is 1. The quantitative estimate of drug-likeness (QED) is 0.158. The molecule has 0 atom stereocenters. The van der Waals surface area contributed by atoms with Crippen molar-refractivity contribution in [3.8, 4) is 17.2 Å². The van der Waals surface area contributed by atoms with Crippen LogP contribution in [0.25, 0.3) is 0 Å². The van der Waals surface area contributed by atoms with Gasteiger partial charge in [-0.2, -0.15) is 0 Å². The average molecular weight is 467 g/mol. The molecule has 0 saturated carbocycles. The fourth-order valence-corrected chi connectivity index (χ4v) is 2.36. The van der Waals surface area contributed by atoms with E-state index in [0.717, 1.165) is 0 Å². The van der Waals surface area contributed by atoms with Crippen LogP contribution < -0.4 is 20.5 Å². The molecule has 0 aliphatic rings. The van der Waals surface area contributed by atoms with Gasteiger partial charge in [0, 0.05) is 18.2 Å². The standard InChI is InChI=1S/C20H18N4O5.2ClH/c1-2-19(25)29-20-16(21)4-3-5-17(20)28-15-9-6-13(7-10-15)23-18-11-8-14(12-22-18)24(26)27;;/h3-12H,2,21H2,1H3,(H,22,23);2*1H. The Kier molecular flexibility index (Phi) is 9.52. The maximum Gasteiger partial charge on any atom is 0.311 e. The minimum Gasteiger partial charge on any atom is -0.453 e. The number of aromatic nitrogens is 1. The van der Waals surface area contributed by atoms with E-state index in [0.29, 0.717) is 28.7 Å². The number of pyridine rings is 1. The predicted octanol–water partition coefficient (Wildman–Crippen LogP) is 5.27. The molecule has 0 unspecified atom stereocenters. The molecule has 0 radical (unpaired) electrons. The minimum absolute atomic E-state index is 0. The Bertz CT molecular complexity index is 1030. The first-order valence-corrected chi connectivity index (χ1v) is 8.71. The van der Waals surface area contributed by atoms with Crippen LogP contribution in [0.2, 0.25) is 0 Å². The minimum atomic E-state index is -0.509. The summed E-state index contributed by atoms with van der Waals surface area (Å²) in [6.45, 7) is 1.69. The molecule has 31 heavy (non-hydrogen) atoms. The van der Waals surface area contributed by atoms with Gasteiger partial charge in [-0.15, -0.1) is 24.8 Å². The molecule has 3 N–H and O–H groups in total. The summed E-state index contributed by atoms with van der Waals surface area (Å²) in [5, 5.41) is 13.7. The highest BCUT2D eigenvalue weighted by Gasteiger charge is 2.13. The third kappa shape index (κ3) is 6.73. The van der Waals surface area contributed by atoms with Gasteiger partial charge in [-0.1, -0.05) is 13.0 Å². The van der Waals surface area contributed by atoms with Gasteiger partial charge < -0.3 is 20.5 Å². The fraction of sp³-hybridized carbons (Fsp3) is 0.100. The zero-order valence-electron chi connectivity index (χ0n) is 16.3. The van der Waals surface area contributed by atoms with Crippen LogP contribution >= 0.6 is 24.8 Å². The third-order valence-corrected chi connectivity index (χ3v) is 3.83. The second-order valence-corrected chi connectivity index (χ2v) is 5.91. The van der Waals surface area contributed by atoms with Gasteiger partial charge in [-0.25, -0.2) is 4.98 Å². The molecule has 11 heteroatoms. The molecular formula is C20H20Cl2N4O5. The van der Waals surface area contributed by atoms with Crippen molar-refractivity contribution >= 4 is 53.7 Å². The molecule has 0 saturated heterocycles. The van der Waals surface area contributed by atoms with E-state index in [9.17, 15) is 14.9 Å². The van der Waals surface area contributed by atoms with E-state index >= 15 is 0 Å². The first-order valence-electron chi connectivity index (χ1n) is 8.71. The van der Waals surface area contributed by atoms with Gasteiger partial charge in [0.1, 0.15) is 17.8 Å². The van der Waals surface area contributed by atoms with E-state index in [4.69, 9.17) is 15.2 Å². The average Bonchev–Trinajstić information content (AvgIpc) is 2.72. The normalized spacial score (nSPS) is 9.58. The zero-order valence-corrected chi connectivity index (χ0v) is 17.9. The summed E-state index contributed by atoms with van der Waals surface area (Å²) in [4.78, 5) is 25.8. The first kappa shape index (κ1) is 25.5. The van der Waals surface area contributed by atoms with Crippen LogP contribution in [0.5, 0.6) is 17.2 Å². The van der Waals surface area contributed by atoms with E-state index in [1.807, 2.05) is 0 Å². The monoisotopic (exact) mass is 466 g/mol. The Labute approximate surface area is 190 Å². The summed E-state index contributed by atoms with van der Waals surface area (Å²) in [5.41, 5.74) is 6.83. The van der Waals surface area contributed by atoms with Crippen LogP contribution in [-0.2, 0) is 4.79 Å². The van der Waals surface area contributed by atoms with Crippen molar-refractivity contribution < 1.29 is 19.2 Å². The van der Waals surface area contributed by atoms with Gasteiger partial charge in [-0.3, -0.25) is 14.9 Å². The van der Waals surface area contributed by atoms with Gasteiger partial charge in [0.2, 0.25) is 0 Å². The number of nitrogens with one attached hydrogen (secondary N) is 1. The zero-order chi connectivity index (χ0) is 20.8. The van der Waals surface area contributed by atoms with Crippen molar-refractivity contribution in [1.82, 2.24) is 4.98 Å². The highest BCUT2D eigenvalue weighted by atomic mass is 35.5. The van der Waals surface area contributed by atoms with E-state index in [1.165, 1.54) is 18.3 Å². The Morgan fingerprint density at radius 3 is 2.42 bits per heavy atom. The molecule has 0 spiro atoms. The second-order valence-electron chi connectivity index (χ2n) is 5.91. The lowest BCUT2D eigenvalue weighted by molar-refractivity contribution is -0.385. The molecule has 0 aliphatic carbocycles. The van der Waals surface area contributed by atoms with E-state index in [2.05, 4.69) is 10.3 Å². The molecule has 164 valence electrons. The molecule has 0 amide bonds. The molecule has 1 heterocycles. The number of halogens is 2. The maximum absolute atomic E-state index is 11.6. The van der Waals surface area contributed by atoms with E-state index < -0.39 is 10.9 Å². The number of esters is 1. The number of hydrogen-bond acceptors (Lipinski definition) is 8. The Balaban J connectivity index is 0.00000240. The summed E-state index contributed by atoms with van der Waals surface area (Å²) in [6, 6.07) is 14.8. The van der Waals surface area contributed by atoms with Gasteiger partial charge in [-0.05, 0) is 42.5 Å². The van der Waals surface area contributed by atoms with E-state index in [1.54, 1.807) is 49.4 Å². The Morgan fingerprint density at radius 1 is 1.13 bits per heavy atom. The number of anilines is 3. The van der Waals surface area contributed by atoms with Crippen molar-refractivity contribution in [2.75, 3.05) is 11.1 Å². The lowest BCUT2D eigenvalue weighted by Crippen LogP contribution is -2.08. The van der Waals surface area contributed by atoms with Crippen molar-refractivity contribution in [1.29, 1.82) is 0 Å². The largest absolute Gasteiger partial charge is 0.453 e. The number of carbonyl (C=O) groups is 1. The molecule has 2 aromatic carbocycles. The van der Waals surface area contributed by atoms with Crippen LogP contribution in [0.4, 0.5) is 22.9 Å². The summed E-state index contributed by atoms with van der Waals surface area (Å²) in [5.74, 6) is 1.06. The third-order valence-electron chi connectivity index (χ3n) is 3.83. The molecule has 9 nitrogen and oxygen atoms in total. The molecule has 3 rings (SSSR count). The summed E-state index contributed by atoms with van der Waals surface area (Å²) in [7, 11) is 0. The van der Waals surface area contributed by atoms with Crippen molar-refractivity contribution in [2.24, 2.45) is 0 Å².